The zero-order valence-corrected chi connectivity index (χ0v) is 17.8. The Labute approximate surface area is 156 Å². The van der Waals surface area contributed by atoms with Crippen LogP contribution in [0.5, 0.6) is 5.75 Å². The Morgan fingerprint density at radius 3 is 2.50 bits per heavy atom. The largest absolute Gasteiger partial charge is 0.492 e. The van der Waals surface area contributed by atoms with Crippen LogP contribution < -0.4 is 4.74 Å². The summed E-state index contributed by atoms with van der Waals surface area (Å²) in [4.78, 5) is 0.149. The van der Waals surface area contributed by atoms with E-state index in [0.717, 1.165) is 30.8 Å². The van der Waals surface area contributed by atoms with E-state index >= 15 is 0 Å². The highest BCUT2D eigenvalue weighted by molar-refractivity contribution is 9.12. The van der Waals surface area contributed by atoms with Crippen molar-refractivity contribution >= 4 is 75.1 Å². The minimum Gasteiger partial charge on any atom is -0.492 e. The topological polar surface area (TPSA) is 9.23 Å². The van der Waals surface area contributed by atoms with Crippen molar-refractivity contribution in [3.63, 3.8) is 0 Å². The van der Waals surface area contributed by atoms with Gasteiger partial charge >= 0.3 is 0 Å². The average Bonchev–Trinajstić information content (AvgIpc) is 2.75. The summed E-state index contributed by atoms with van der Waals surface area (Å²) < 4.78 is 8.91. The van der Waals surface area contributed by atoms with Crippen molar-refractivity contribution in [2.45, 2.75) is 18.2 Å². The monoisotopic (exact) mass is 544 g/mol. The van der Waals surface area contributed by atoms with Gasteiger partial charge in [0.25, 0.3) is 0 Å². The molecule has 0 aliphatic heterocycles. The fraction of sp³-hybridized carbons (Fsp3) is 0.286. The molecule has 0 aliphatic rings. The molecule has 0 aliphatic carbocycles. The molecule has 1 aromatic carbocycles. The predicted octanol–water partition coefficient (Wildman–Crippen LogP) is 7.31. The van der Waals surface area contributed by atoms with Crippen molar-refractivity contribution in [1.82, 2.24) is 0 Å². The molecule has 0 saturated heterocycles. The first-order valence-corrected chi connectivity index (χ1v) is 10.1. The highest BCUT2D eigenvalue weighted by atomic mass is 79.9. The van der Waals surface area contributed by atoms with Crippen LogP contribution in [0, 0.1) is 0 Å². The van der Waals surface area contributed by atoms with Crippen molar-refractivity contribution in [2.24, 2.45) is 0 Å². The molecule has 1 nitrogen and oxygen atoms in total. The lowest BCUT2D eigenvalue weighted by molar-refractivity contribution is 0.315. The van der Waals surface area contributed by atoms with Gasteiger partial charge in [0.15, 0.2) is 0 Å². The Bertz CT molecular complexity index is 597. The third-order valence-corrected chi connectivity index (χ3v) is 6.69. The van der Waals surface area contributed by atoms with Gasteiger partial charge in [-0.25, -0.2) is 0 Å². The Kier molecular flexibility index (Phi) is 6.60. The molecule has 0 amide bonds. The van der Waals surface area contributed by atoms with E-state index in [-0.39, 0.29) is 4.83 Å². The van der Waals surface area contributed by atoms with Gasteiger partial charge in [0.05, 0.1) is 23.5 Å². The first-order chi connectivity index (χ1) is 9.52. The van der Waals surface area contributed by atoms with Crippen molar-refractivity contribution < 1.29 is 4.74 Å². The van der Waals surface area contributed by atoms with E-state index in [1.54, 1.807) is 11.3 Å². The predicted molar refractivity (Wildman–Crippen MR) is 100 cm³/mol. The molecule has 0 fully saturated rings. The third-order valence-electron chi connectivity index (χ3n) is 2.67. The SMILES string of the molecule is CCCOc1ccc(C(Br)c2cc(Br)sc2Br)cc1Br. The normalized spacial score (nSPS) is 12.4. The van der Waals surface area contributed by atoms with Crippen LogP contribution in [0.1, 0.15) is 29.3 Å². The van der Waals surface area contributed by atoms with E-state index in [4.69, 9.17) is 4.74 Å². The molecule has 0 radical (unpaired) electrons. The fourth-order valence-electron chi connectivity index (χ4n) is 1.71. The first kappa shape index (κ1) is 17.0. The quantitative estimate of drug-likeness (QED) is 0.357. The highest BCUT2D eigenvalue weighted by Crippen LogP contribution is 2.43. The molecule has 2 rings (SSSR count). The number of hydrogen-bond acceptors (Lipinski definition) is 2. The summed E-state index contributed by atoms with van der Waals surface area (Å²) in [7, 11) is 0. The molecular formula is C14H12Br4OS. The first-order valence-electron chi connectivity index (χ1n) is 6.04. The van der Waals surface area contributed by atoms with Gasteiger partial charge in [-0.05, 0) is 83.5 Å². The lowest BCUT2D eigenvalue weighted by atomic mass is 10.1. The molecule has 1 unspecified atom stereocenters. The maximum Gasteiger partial charge on any atom is 0.133 e. The number of thiophene rings is 1. The second kappa shape index (κ2) is 7.77. The van der Waals surface area contributed by atoms with E-state index in [1.807, 2.05) is 6.07 Å². The number of alkyl halides is 1. The zero-order chi connectivity index (χ0) is 14.7. The van der Waals surface area contributed by atoms with Crippen molar-refractivity contribution in [2.75, 3.05) is 6.61 Å². The molecule has 2 aromatic rings. The molecule has 6 heteroatoms. The van der Waals surface area contributed by atoms with Gasteiger partial charge in [0.1, 0.15) is 5.75 Å². The number of hydrogen-bond donors (Lipinski definition) is 0. The summed E-state index contributed by atoms with van der Waals surface area (Å²) in [5.41, 5.74) is 2.41. The Morgan fingerprint density at radius 2 is 1.95 bits per heavy atom. The number of rotatable bonds is 5. The molecule has 1 heterocycles. The van der Waals surface area contributed by atoms with Gasteiger partial charge in [0.2, 0.25) is 0 Å². The summed E-state index contributed by atoms with van der Waals surface area (Å²) in [6, 6.07) is 8.33. The van der Waals surface area contributed by atoms with Crippen molar-refractivity contribution in [3.05, 3.63) is 47.4 Å². The van der Waals surface area contributed by atoms with Gasteiger partial charge in [-0.15, -0.1) is 11.3 Å². The number of ether oxygens (including phenoxy) is 1. The van der Waals surface area contributed by atoms with Gasteiger partial charge < -0.3 is 4.74 Å². The standard InChI is InChI=1S/C14H12Br4OS/c1-2-5-19-11-4-3-8(6-10(11)15)13(17)9-7-12(16)20-14(9)18/h3-4,6-7,13H,2,5H2,1H3. The lowest BCUT2D eigenvalue weighted by Gasteiger charge is -2.13. The third kappa shape index (κ3) is 4.09. The summed E-state index contributed by atoms with van der Waals surface area (Å²) in [5, 5.41) is 0. The van der Waals surface area contributed by atoms with Crippen LogP contribution in [0.2, 0.25) is 0 Å². The summed E-state index contributed by atoms with van der Waals surface area (Å²) in [6.07, 6.45) is 1.01. The summed E-state index contributed by atoms with van der Waals surface area (Å²) in [6.45, 7) is 2.83. The molecule has 1 aromatic heterocycles. The molecule has 108 valence electrons. The van der Waals surface area contributed by atoms with Gasteiger partial charge in [-0.3, -0.25) is 0 Å². The van der Waals surface area contributed by atoms with E-state index in [9.17, 15) is 0 Å². The van der Waals surface area contributed by atoms with Gasteiger partial charge in [-0.1, -0.05) is 28.9 Å². The Balaban J connectivity index is 2.25. The van der Waals surface area contributed by atoms with Crippen molar-refractivity contribution in [1.29, 1.82) is 0 Å². The van der Waals surface area contributed by atoms with Crippen LogP contribution in [-0.2, 0) is 0 Å². The van der Waals surface area contributed by atoms with Crippen LogP contribution in [0.25, 0.3) is 0 Å². The van der Waals surface area contributed by atoms with E-state index < -0.39 is 0 Å². The van der Waals surface area contributed by atoms with E-state index in [2.05, 4.69) is 88.8 Å². The lowest BCUT2D eigenvalue weighted by Crippen LogP contribution is -1.97. The Hall–Kier alpha value is 0.640. The summed E-state index contributed by atoms with van der Waals surface area (Å²) >= 11 is 16.1. The van der Waals surface area contributed by atoms with Gasteiger partial charge in [0, 0.05) is 0 Å². The van der Waals surface area contributed by atoms with E-state index in [1.165, 1.54) is 11.1 Å². The van der Waals surface area contributed by atoms with Crippen LogP contribution in [0.3, 0.4) is 0 Å². The second-order valence-corrected chi connectivity index (χ2v) is 9.70. The van der Waals surface area contributed by atoms with Crippen LogP contribution in [0.4, 0.5) is 0 Å². The van der Waals surface area contributed by atoms with Crippen molar-refractivity contribution in [3.8, 4) is 5.75 Å². The molecular weight excluding hydrogens is 536 g/mol. The molecule has 1 atom stereocenters. The maximum absolute atomic E-state index is 5.68. The van der Waals surface area contributed by atoms with Crippen LogP contribution >= 0.6 is 75.1 Å². The average molecular weight is 548 g/mol. The smallest absolute Gasteiger partial charge is 0.133 e. The minimum absolute atomic E-state index is 0.149. The van der Waals surface area contributed by atoms with Gasteiger partial charge in [-0.2, -0.15) is 0 Å². The Morgan fingerprint density at radius 1 is 1.20 bits per heavy atom. The second-order valence-electron chi connectivity index (χ2n) is 4.18. The number of halogens is 4. The molecule has 0 saturated carbocycles. The molecule has 0 bridgehead atoms. The molecule has 20 heavy (non-hydrogen) atoms. The summed E-state index contributed by atoms with van der Waals surface area (Å²) in [5.74, 6) is 0.890. The number of benzene rings is 1. The van der Waals surface area contributed by atoms with Crippen LogP contribution in [0.15, 0.2) is 36.3 Å². The highest BCUT2D eigenvalue weighted by Gasteiger charge is 2.17. The van der Waals surface area contributed by atoms with Crippen LogP contribution in [-0.4, -0.2) is 6.61 Å². The van der Waals surface area contributed by atoms with E-state index in [0.29, 0.717) is 0 Å². The molecule has 0 spiro atoms. The zero-order valence-electron chi connectivity index (χ0n) is 10.6. The fourth-order valence-corrected chi connectivity index (χ4v) is 6.23. The molecule has 0 N–H and O–H groups in total. The minimum atomic E-state index is 0.149. The maximum atomic E-state index is 5.68.